The van der Waals surface area contributed by atoms with Gasteiger partial charge in [0.15, 0.2) is 11.4 Å². The smallest absolute Gasteiger partial charge is 0.181 e. The minimum absolute atomic E-state index is 0.558. The van der Waals surface area contributed by atoms with E-state index in [1.165, 1.54) is 68.4 Å². The Hall–Kier alpha value is -2.49. The van der Waals surface area contributed by atoms with Crippen molar-refractivity contribution in [1.29, 1.82) is 0 Å². The first-order chi connectivity index (χ1) is 14.3. The normalized spacial score (nSPS) is 14.9. The molecular weight excluding hydrogens is 358 g/mol. The molecule has 0 bridgehead atoms. The second-order valence-electron chi connectivity index (χ2n) is 8.18. The lowest BCUT2D eigenvalue weighted by Crippen LogP contribution is -2.23. The maximum absolute atomic E-state index is 6.18. The van der Waals surface area contributed by atoms with Gasteiger partial charge in [0.2, 0.25) is 0 Å². The Morgan fingerprint density at radius 3 is 2.66 bits per heavy atom. The molecule has 0 saturated heterocycles. The summed E-state index contributed by atoms with van der Waals surface area (Å²) in [5, 5.41) is 3.85. The van der Waals surface area contributed by atoms with Crippen molar-refractivity contribution in [3.05, 3.63) is 59.9 Å². The number of rotatable bonds is 9. The van der Waals surface area contributed by atoms with Crippen molar-refractivity contribution in [2.75, 3.05) is 5.32 Å². The van der Waals surface area contributed by atoms with Gasteiger partial charge in [-0.3, -0.25) is 4.40 Å². The molecule has 4 heteroatoms. The third-order valence-corrected chi connectivity index (χ3v) is 5.89. The molecule has 0 atom stereocenters. The highest BCUT2D eigenvalue weighted by Gasteiger charge is 2.20. The molecule has 4 nitrogen and oxygen atoms in total. The van der Waals surface area contributed by atoms with Crippen molar-refractivity contribution in [2.24, 2.45) is 0 Å². The number of pyridine rings is 1. The summed E-state index contributed by atoms with van der Waals surface area (Å²) in [5.41, 5.74) is 3.28. The number of aryl methyl sites for hydroxylation is 1. The Bertz CT molecular complexity index is 897. The van der Waals surface area contributed by atoms with E-state index < -0.39 is 0 Å². The largest absolute Gasteiger partial charge is 0.485 e. The third kappa shape index (κ3) is 4.92. The van der Waals surface area contributed by atoms with Gasteiger partial charge in [0.25, 0.3) is 0 Å². The van der Waals surface area contributed by atoms with Crippen molar-refractivity contribution in [2.45, 2.75) is 77.4 Å². The molecule has 0 spiro atoms. The fourth-order valence-corrected chi connectivity index (χ4v) is 4.25. The molecular formula is C25H33N3O. The number of fused-ring (bicyclic) bond motifs is 1. The van der Waals surface area contributed by atoms with Gasteiger partial charge in [0, 0.05) is 12.2 Å². The number of imidazole rings is 1. The van der Waals surface area contributed by atoms with Crippen molar-refractivity contribution in [3.8, 4) is 5.75 Å². The zero-order valence-corrected chi connectivity index (χ0v) is 17.6. The summed E-state index contributed by atoms with van der Waals surface area (Å²) in [6.45, 7) is 2.81. The first-order valence-electron chi connectivity index (χ1n) is 11.3. The fourth-order valence-electron chi connectivity index (χ4n) is 4.25. The van der Waals surface area contributed by atoms with Crippen LogP contribution in [0.25, 0.3) is 5.65 Å². The Morgan fingerprint density at radius 1 is 1.03 bits per heavy atom. The summed E-state index contributed by atoms with van der Waals surface area (Å²) >= 11 is 0. The Morgan fingerprint density at radius 2 is 1.86 bits per heavy atom. The number of nitrogens with one attached hydrogen (secondary N) is 1. The average Bonchev–Trinajstić information content (AvgIpc) is 3.12. The summed E-state index contributed by atoms with van der Waals surface area (Å²) < 4.78 is 8.38. The number of unbranched alkanes of at least 4 members (excludes halogenated alkanes) is 2. The van der Waals surface area contributed by atoms with Crippen LogP contribution in [0.3, 0.4) is 0 Å². The van der Waals surface area contributed by atoms with E-state index in [-0.39, 0.29) is 0 Å². The standard InChI is InChI=1S/C25H33N3O/c1-2-3-6-16-22-24(26-21-14-9-5-10-15-21)28-18-11-17-23(25(28)27-22)29-19-20-12-7-4-8-13-20/h4,7-8,11-13,17-18,21,26H,2-3,5-6,9-10,14-16,19H2,1H3. The van der Waals surface area contributed by atoms with E-state index in [4.69, 9.17) is 9.72 Å². The summed E-state index contributed by atoms with van der Waals surface area (Å²) in [7, 11) is 0. The lowest BCUT2D eigenvalue weighted by molar-refractivity contribution is 0.308. The topological polar surface area (TPSA) is 38.6 Å². The Labute approximate surface area is 174 Å². The molecule has 3 aromatic rings. The zero-order valence-electron chi connectivity index (χ0n) is 17.6. The van der Waals surface area contributed by atoms with E-state index in [1.807, 2.05) is 24.3 Å². The van der Waals surface area contributed by atoms with Crippen molar-refractivity contribution < 1.29 is 4.74 Å². The number of hydrogen-bond acceptors (Lipinski definition) is 3. The van der Waals surface area contributed by atoms with Crippen LogP contribution in [0.15, 0.2) is 48.7 Å². The van der Waals surface area contributed by atoms with Crippen LogP contribution in [0, 0.1) is 0 Å². The van der Waals surface area contributed by atoms with Gasteiger partial charge in [-0.1, -0.05) is 69.4 Å². The van der Waals surface area contributed by atoms with Crippen LogP contribution in [0.5, 0.6) is 5.75 Å². The lowest BCUT2D eigenvalue weighted by atomic mass is 9.95. The molecule has 0 amide bonds. The van der Waals surface area contributed by atoms with E-state index in [1.54, 1.807) is 0 Å². The van der Waals surface area contributed by atoms with Gasteiger partial charge in [-0.2, -0.15) is 0 Å². The molecule has 0 unspecified atom stereocenters. The molecule has 0 aliphatic heterocycles. The zero-order chi connectivity index (χ0) is 19.9. The van der Waals surface area contributed by atoms with E-state index in [2.05, 4.69) is 41.0 Å². The van der Waals surface area contributed by atoms with Crippen LogP contribution in [0.1, 0.15) is 69.5 Å². The highest BCUT2D eigenvalue weighted by atomic mass is 16.5. The number of benzene rings is 1. The number of hydrogen-bond donors (Lipinski definition) is 1. The second kappa shape index (κ2) is 9.82. The highest BCUT2D eigenvalue weighted by Crippen LogP contribution is 2.30. The first-order valence-corrected chi connectivity index (χ1v) is 11.3. The van der Waals surface area contributed by atoms with Gasteiger partial charge >= 0.3 is 0 Å². The average molecular weight is 392 g/mol. The maximum atomic E-state index is 6.18. The molecule has 1 saturated carbocycles. The van der Waals surface area contributed by atoms with Gasteiger partial charge < -0.3 is 10.1 Å². The van der Waals surface area contributed by atoms with Crippen LogP contribution in [-0.2, 0) is 13.0 Å². The molecule has 29 heavy (non-hydrogen) atoms. The summed E-state index contributed by atoms with van der Waals surface area (Å²) in [6, 6.07) is 15.0. The fraction of sp³-hybridized carbons (Fsp3) is 0.480. The minimum Gasteiger partial charge on any atom is -0.485 e. The van der Waals surface area contributed by atoms with E-state index in [9.17, 15) is 0 Å². The maximum Gasteiger partial charge on any atom is 0.181 e. The third-order valence-electron chi connectivity index (χ3n) is 5.89. The van der Waals surface area contributed by atoms with Crippen molar-refractivity contribution in [1.82, 2.24) is 9.38 Å². The molecule has 1 N–H and O–H groups in total. The van der Waals surface area contributed by atoms with E-state index in [0.29, 0.717) is 12.6 Å². The predicted octanol–water partition coefficient (Wildman–Crippen LogP) is 6.39. The molecule has 2 heterocycles. The predicted molar refractivity (Wildman–Crippen MR) is 120 cm³/mol. The van der Waals surface area contributed by atoms with Crippen molar-refractivity contribution >= 4 is 11.5 Å². The van der Waals surface area contributed by atoms with E-state index >= 15 is 0 Å². The SMILES string of the molecule is CCCCCc1nc2c(OCc3ccccc3)cccn2c1NC1CCCCC1. The number of nitrogens with zero attached hydrogens (tertiary/aromatic N) is 2. The highest BCUT2D eigenvalue weighted by molar-refractivity contribution is 5.63. The molecule has 4 rings (SSSR count). The monoisotopic (exact) mass is 391 g/mol. The second-order valence-corrected chi connectivity index (χ2v) is 8.18. The number of anilines is 1. The van der Waals surface area contributed by atoms with Crippen LogP contribution < -0.4 is 10.1 Å². The van der Waals surface area contributed by atoms with Gasteiger partial charge in [-0.15, -0.1) is 0 Å². The molecule has 1 aromatic carbocycles. The van der Waals surface area contributed by atoms with Gasteiger partial charge in [0.1, 0.15) is 12.4 Å². The Kier molecular flexibility index (Phi) is 6.71. The molecule has 2 aromatic heterocycles. The molecule has 0 radical (unpaired) electrons. The lowest BCUT2D eigenvalue weighted by Gasteiger charge is -2.24. The van der Waals surface area contributed by atoms with Gasteiger partial charge in [-0.05, 0) is 43.4 Å². The minimum atomic E-state index is 0.558. The summed E-state index contributed by atoms with van der Waals surface area (Å²) in [4.78, 5) is 5.04. The number of ether oxygens (including phenoxy) is 1. The molecule has 1 fully saturated rings. The first kappa shape index (κ1) is 19.8. The summed E-state index contributed by atoms with van der Waals surface area (Å²) in [6.07, 6.45) is 13.3. The molecule has 1 aliphatic carbocycles. The van der Waals surface area contributed by atoms with Crippen LogP contribution in [0.2, 0.25) is 0 Å². The quantitative estimate of drug-likeness (QED) is 0.429. The number of aromatic nitrogens is 2. The van der Waals surface area contributed by atoms with Gasteiger partial charge in [-0.25, -0.2) is 4.98 Å². The summed E-state index contributed by atoms with van der Waals surface area (Å²) in [5.74, 6) is 2.03. The van der Waals surface area contributed by atoms with Crippen LogP contribution in [-0.4, -0.2) is 15.4 Å². The van der Waals surface area contributed by atoms with Crippen LogP contribution in [0.4, 0.5) is 5.82 Å². The van der Waals surface area contributed by atoms with Crippen molar-refractivity contribution in [3.63, 3.8) is 0 Å². The molecule has 154 valence electrons. The Balaban J connectivity index is 1.60. The van der Waals surface area contributed by atoms with E-state index in [0.717, 1.165) is 17.8 Å². The van der Waals surface area contributed by atoms with Crippen LogP contribution >= 0.6 is 0 Å². The molecule has 1 aliphatic rings. The van der Waals surface area contributed by atoms with Gasteiger partial charge in [0.05, 0.1) is 5.69 Å².